The van der Waals surface area contributed by atoms with Gasteiger partial charge in [-0.2, -0.15) is 0 Å². The van der Waals surface area contributed by atoms with Gasteiger partial charge in [-0.05, 0) is 74.9 Å². The molecule has 7 nitrogen and oxygen atoms in total. The summed E-state index contributed by atoms with van der Waals surface area (Å²) in [7, 11) is 5.41. The maximum atomic E-state index is 12.9. The van der Waals surface area contributed by atoms with Crippen molar-refractivity contribution < 1.29 is 19.1 Å². The third-order valence-corrected chi connectivity index (χ3v) is 5.55. The Bertz CT molecular complexity index is 1200. The summed E-state index contributed by atoms with van der Waals surface area (Å²) in [6.45, 7) is 5.52. The highest BCUT2D eigenvalue weighted by Gasteiger charge is 2.26. The molecule has 0 heterocycles. The number of anilines is 1. The number of hydrogen-bond acceptors (Lipinski definition) is 6. The topological polar surface area (TPSA) is 80.2 Å². The number of rotatable bonds is 7. The molecule has 0 aliphatic heterocycles. The molecule has 2 aromatic rings. The molecule has 0 atom stereocenters. The van der Waals surface area contributed by atoms with E-state index in [1.165, 1.54) is 13.2 Å². The number of allylic oxidation sites excluding steroid dienone is 3. The minimum atomic E-state index is -0.479. The van der Waals surface area contributed by atoms with E-state index in [2.05, 4.69) is 10.3 Å². The van der Waals surface area contributed by atoms with Crippen LogP contribution in [0.4, 0.5) is 11.4 Å². The number of ketones is 1. The summed E-state index contributed by atoms with van der Waals surface area (Å²) in [6.07, 6.45) is 1.49. The number of Topliss-reactive ketones (excluding diaryl/α,β-unsaturated/α-hetero) is 1. The second kappa shape index (κ2) is 10.6. The van der Waals surface area contributed by atoms with E-state index in [0.29, 0.717) is 34.0 Å². The molecule has 0 bridgehead atoms. The molecule has 1 N–H and O–H groups in total. The lowest BCUT2D eigenvalue weighted by molar-refractivity contribution is -0.112. The van der Waals surface area contributed by atoms with E-state index in [1.807, 2.05) is 57.1 Å². The first-order valence-electron chi connectivity index (χ1n) is 10.8. The van der Waals surface area contributed by atoms with E-state index in [1.54, 1.807) is 25.1 Å². The molecule has 1 aliphatic carbocycles. The van der Waals surface area contributed by atoms with Crippen LogP contribution < -0.4 is 19.7 Å². The second-order valence-electron chi connectivity index (χ2n) is 8.22. The van der Waals surface area contributed by atoms with Crippen molar-refractivity contribution >= 4 is 40.4 Å². The SMILES string of the molecule is COc1cc(C(=O)NC2=CC(=Nc3ccc(N(C)C)cc3)C(C)=C(Cl)C2=O)ccc1OC(C)C. The molecular formula is C26H28ClN3O4. The second-order valence-corrected chi connectivity index (χ2v) is 8.60. The molecule has 34 heavy (non-hydrogen) atoms. The third-order valence-electron chi connectivity index (χ3n) is 5.09. The normalized spacial score (nSPS) is 14.9. The van der Waals surface area contributed by atoms with Gasteiger partial charge in [0.05, 0.1) is 35.3 Å². The highest BCUT2D eigenvalue weighted by Crippen LogP contribution is 2.30. The molecule has 0 unspecified atom stereocenters. The van der Waals surface area contributed by atoms with Gasteiger partial charge < -0.3 is 19.7 Å². The van der Waals surface area contributed by atoms with Gasteiger partial charge in [0.1, 0.15) is 0 Å². The van der Waals surface area contributed by atoms with Crippen LogP contribution in [0.25, 0.3) is 0 Å². The summed E-state index contributed by atoms with van der Waals surface area (Å²) in [5, 5.41) is 2.67. The number of benzene rings is 2. The number of carbonyl (C=O) groups excluding carboxylic acids is 2. The van der Waals surface area contributed by atoms with Gasteiger partial charge in [-0.3, -0.25) is 9.59 Å². The molecule has 0 saturated heterocycles. The first-order chi connectivity index (χ1) is 16.1. The third kappa shape index (κ3) is 5.66. The fraction of sp³-hybridized carbons (Fsp3) is 0.269. The monoisotopic (exact) mass is 481 g/mol. The quantitative estimate of drug-likeness (QED) is 0.561. The maximum Gasteiger partial charge on any atom is 0.255 e. The minimum Gasteiger partial charge on any atom is -0.493 e. The number of nitrogens with zero attached hydrogens (tertiary/aromatic N) is 2. The number of ether oxygens (including phenoxy) is 2. The van der Waals surface area contributed by atoms with E-state index < -0.39 is 11.7 Å². The largest absolute Gasteiger partial charge is 0.493 e. The molecule has 0 aromatic heterocycles. The average molecular weight is 482 g/mol. The van der Waals surface area contributed by atoms with Crippen LogP contribution in [0.15, 0.2) is 69.8 Å². The van der Waals surface area contributed by atoms with Crippen LogP contribution in [0.2, 0.25) is 0 Å². The number of aliphatic imine (C=N–C) groups is 1. The fourth-order valence-electron chi connectivity index (χ4n) is 3.24. The Kier molecular flexibility index (Phi) is 7.79. The summed E-state index contributed by atoms with van der Waals surface area (Å²) in [5.41, 5.74) is 3.13. The molecule has 1 aliphatic rings. The van der Waals surface area contributed by atoms with E-state index in [-0.39, 0.29) is 16.8 Å². The van der Waals surface area contributed by atoms with Crippen LogP contribution in [-0.4, -0.2) is 44.7 Å². The molecule has 3 rings (SSSR count). The van der Waals surface area contributed by atoms with Crippen LogP contribution >= 0.6 is 11.6 Å². The van der Waals surface area contributed by atoms with Gasteiger partial charge in [0.2, 0.25) is 5.78 Å². The Labute approximate surface area is 204 Å². The predicted octanol–water partition coefficient (Wildman–Crippen LogP) is 5.03. The number of halogens is 1. The van der Waals surface area contributed by atoms with Crippen LogP contribution in [0.3, 0.4) is 0 Å². The lowest BCUT2D eigenvalue weighted by Crippen LogP contribution is -2.31. The number of hydrogen-bond donors (Lipinski definition) is 1. The number of carbonyl (C=O) groups is 2. The van der Waals surface area contributed by atoms with E-state index in [0.717, 1.165) is 5.69 Å². The van der Waals surface area contributed by atoms with Gasteiger partial charge in [-0.25, -0.2) is 4.99 Å². The van der Waals surface area contributed by atoms with Crippen molar-refractivity contribution in [3.63, 3.8) is 0 Å². The minimum absolute atomic E-state index is 0.0136. The fourth-order valence-corrected chi connectivity index (χ4v) is 3.44. The highest BCUT2D eigenvalue weighted by atomic mass is 35.5. The molecule has 8 heteroatoms. The lowest BCUT2D eigenvalue weighted by atomic mass is 10.0. The van der Waals surface area contributed by atoms with Crippen LogP contribution in [0, 0.1) is 0 Å². The van der Waals surface area contributed by atoms with Gasteiger partial charge in [0.25, 0.3) is 5.91 Å². The molecule has 0 spiro atoms. The molecular weight excluding hydrogens is 454 g/mol. The number of nitrogens with one attached hydrogen (secondary N) is 1. The summed E-state index contributed by atoms with van der Waals surface area (Å²) in [5.74, 6) is -0.00494. The lowest BCUT2D eigenvalue weighted by Gasteiger charge is -2.18. The zero-order valence-corrected chi connectivity index (χ0v) is 20.9. The predicted molar refractivity (Wildman–Crippen MR) is 136 cm³/mol. The van der Waals surface area contributed by atoms with Crippen molar-refractivity contribution in [3.05, 3.63) is 70.4 Å². The highest BCUT2D eigenvalue weighted by molar-refractivity contribution is 6.49. The molecule has 0 saturated carbocycles. The van der Waals surface area contributed by atoms with Crippen molar-refractivity contribution in [2.75, 3.05) is 26.1 Å². The first kappa shape index (κ1) is 25.1. The van der Waals surface area contributed by atoms with Crippen molar-refractivity contribution in [1.29, 1.82) is 0 Å². The smallest absolute Gasteiger partial charge is 0.255 e. The molecule has 0 fully saturated rings. The number of amides is 1. The van der Waals surface area contributed by atoms with Gasteiger partial charge in [-0.15, -0.1) is 0 Å². The van der Waals surface area contributed by atoms with Crippen LogP contribution in [0.1, 0.15) is 31.1 Å². The van der Waals surface area contributed by atoms with Gasteiger partial charge in [-0.1, -0.05) is 11.6 Å². The van der Waals surface area contributed by atoms with Crippen molar-refractivity contribution in [1.82, 2.24) is 5.32 Å². The van der Waals surface area contributed by atoms with E-state index >= 15 is 0 Å². The first-order valence-corrected chi connectivity index (χ1v) is 11.1. The summed E-state index contributed by atoms with van der Waals surface area (Å²) in [4.78, 5) is 32.3. The van der Waals surface area contributed by atoms with Crippen molar-refractivity contribution in [2.45, 2.75) is 26.9 Å². The van der Waals surface area contributed by atoms with Gasteiger partial charge >= 0.3 is 0 Å². The Morgan fingerprint density at radius 1 is 1.09 bits per heavy atom. The van der Waals surface area contributed by atoms with Gasteiger partial charge in [0.15, 0.2) is 11.5 Å². The van der Waals surface area contributed by atoms with Crippen LogP contribution in [-0.2, 0) is 4.79 Å². The zero-order valence-electron chi connectivity index (χ0n) is 20.1. The Morgan fingerprint density at radius 3 is 2.35 bits per heavy atom. The summed E-state index contributed by atoms with van der Waals surface area (Å²) in [6, 6.07) is 12.5. The standard InChI is InChI=1S/C26H28ClN3O4/c1-15(2)34-22-12-7-17(13-23(22)33-6)26(32)29-21-14-20(16(3)24(27)25(21)31)28-18-8-10-19(11-9-18)30(4)5/h7-15H,1-6H3,(H,29,32). The molecule has 178 valence electrons. The molecule has 2 aromatic carbocycles. The van der Waals surface area contributed by atoms with Crippen molar-refractivity contribution in [3.8, 4) is 11.5 Å². The summed E-state index contributed by atoms with van der Waals surface area (Å²) >= 11 is 6.30. The van der Waals surface area contributed by atoms with E-state index in [9.17, 15) is 9.59 Å². The van der Waals surface area contributed by atoms with Crippen molar-refractivity contribution in [2.24, 2.45) is 4.99 Å². The number of methoxy groups -OCH3 is 1. The Morgan fingerprint density at radius 2 is 1.76 bits per heavy atom. The Hall–Kier alpha value is -3.58. The van der Waals surface area contributed by atoms with Crippen LogP contribution in [0.5, 0.6) is 11.5 Å². The molecule has 1 amide bonds. The Balaban J connectivity index is 1.88. The zero-order chi connectivity index (χ0) is 25.0. The maximum absolute atomic E-state index is 12.9. The summed E-state index contributed by atoms with van der Waals surface area (Å²) < 4.78 is 11.0. The average Bonchev–Trinajstić information content (AvgIpc) is 2.80. The van der Waals surface area contributed by atoms with Gasteiger partial charge in [0, 0.05) is 25.3 Å². The van der Waals surface area contributed by atoms with E-state index in [4.69, 9.17) is 21.1 Å². The molecule has 0 radical (unpaired) electrons.